The van der Waals surface area contributed by atoms with E-state index in [1.165, 1.54) is 11.3 Å². The maximum atomic E-state index is 12.4. The second-order valence-electron chi connectivity index (χ2n) is 3.41. The molecule has 0 aliphatic carbocycles. The standard InChI is InChI=1S/C10H12FNO2S/c11-5-9-6-12(2-3-14-9)10(13)8-1-4-15-7-8/h1,4,7,9H,2-3,5-6H2. The second kappa shape index (κ2) is 4.72. The van der Waals surface area contributed by atoms with Gasteiger partial charge in [0.05, 0.1) is 12.2 Å². The van der Waals surface area contributed by atoms with Gasteiger partial charge in [-0.2, -0.15) is 11.3 Å². The van der Waals surface area contributed by atoms with Gasteiger partial charge < -0.3 is 9.64 Å². The van der Waals surface area contributed by atoms with Crippen LogP contribution in [0.3, 0.4) is 0 Å². The Bertz CT molecular complexity index is 328. The molecule has 1 aliphatic heterocycles. The fourth-order valence-corrected chi connectivity index (χ4v) is 2.20. The Balaban J connectivity index is 2.01. The molecule has 2 rings (SSSR count). The van der Waals surface area contributed by atoms with E-state index >= 15 is 0 Å². The number of alkyl halides is 1. The van der Waals surface area contributed by atoms with E-state index in [0.717, 1.165) is 0 Å². The number of ether oxygens (including phenoxy) is 1. The highest BCUT2D eigenvalue weighted by Gasteiger charge is 2.24. The highest BCUT2D eigenvalue weighted by atomic mass is 32.1. The zero-order valence-corrected chi connectivity index (χ0v) is 9.00. The number of halogens is 1. The SMILES string of the molecule is O=C(c1ccsc1)N1CCOC(CF)C1. The molecule has 0 N–H and O–H groups in total. The van der Waals surface area contributed by atoms with Crippen molar-refractivity contribution >= 4 is 17.2 Å². The van der Waals surface area contributed by atoms with Crippen LogP contribution in [0.15, 0.2) is 16.8 Å². The molecule has 0 saturated carbocycles. The highest BCUT2D eigenvalue weighted by Crippen LogP contribution is 2.13. The summed E-state index contributed by atoms with van der Waals surface area (Å²) in [5.41, 5.74) is 0.680. The van der Waals surface area contributed by atoms with Gasteiger partial charge in [0, 0.05) is 18.5 Å². The maximum Gasteiger partial charge on any atom is 0.254 e. The third-order valence-electron chi connectivity index (χ3n) is 2.37. The first-order chi connectivity index (χ1) is 7.31. The summed E-state index contributed by atoms with van der Waals surface area (Å²) in [7, 11) is 0. The van der Waals surface area contributed by atoms with Gasteiger partial charge in [-0.05, 0) is 11.4 Å². The minimum absolute atomic E-state index is 0.0296. The van der Waals surface area contributed by atoms with Gasteiger partial charge in [-0.1, -0.05) is 0 Å². The molecule has 15 heavy (non-hydrogen) atoms. The molecule has 5 heteroatoms. The number of carbonyl (C=O) groups excluding carboxylic acids is 1. The van der Waals surface area contributed by atoms with Crippen LogP contribution in [0.2, 0.25) is 0 Å². The molecule has 1 saturated heterocycles. The van der Waals surface area contributed by atoms with Crippen molar-refractivity contribution in [3.63, 3.8) is 0 Å². The molecule has 1 fully saturated rings. The lowest BCUT2D eigenvalue weighted by molar-refractivity contribution is -0.0310. The third kappa shape index (κ3) is 2.35. The average molecular weight is 229 g/mol. The number of hydrogen-bond donors (Lipinski definition) is 0. The monoisotopic (exact) mass is 229 g/mol. The summed E-state index contributed by atoms with van der Waals surface area (Å²) in [6.45, 7) is 0.786. The highest BCUT2D eigenvalue weighted by molar-refractivity contribution is 7.08. The summed E-state index contributed by atoms with van der Waals surface area (Å²) < 4.78 is 17.6. The van der Waals surface area contributed by atoms with Crippen LogP contribution in [-0.4, -0.2) is 43.3 Å². The van der Waals surface area contributed by atoms with Crippen LogP contribution in [0.1, 0.15) is 10.4 Å². The average Bonchev–Trinajstić information content (AvgIpc) is 2.81. The van der Waals surface area contributed by atoms with Gasteiger partial charge in [-0.15, -0.1) is 0 Å². The number of hydrogen-bond acceptors (Lipinski definition) is 3. The Labute approximate surface area is 91.5 Å². The summed E-state index contributed by atoms with van der Waals surface area (Å²) in [5.74, 6) is -0.0296. The largest absolute Gasteiger partial charge is 0.372 e. The molecule has 3 nitrogen and oxygen atoms in total. The molecular formula is C10H12FNO2S. The number of nitrogens with zero attached hydrogens (tertiary/aromatic N) is 1. The smallest absolute Gasteiger partial charge is 0.254 e. The molecular weight excluding hydrogens is 217 g/mol. The van der Waals surface area contributed by atoms with E-state index in [-0.39, 0.29) is 5.91 Å². The number of amides is 1. The maximum absolute atomic E-state index is 12.4. The van der Waals surface area contributed by atoms with Crippen molar-refractivity contribution in [3.05, 3.63) is 22.4 Å². The lowest BCUT2D eigenvalue weighted by atomic mass is 10.2. The van der Waals surface area contributed by atoms with Crippen LogP contribution in [0.25, 0.3) is 0 Å². The first kappa shape index (κ1) is 10.6. The van der Waals surface area contributed by atoms with E-state index in [1.807, 2.05) is 10.8 Å². The normalized spacial score (nSPS) is 21.7. The number of morpholine rings is 1. The predicted octanol–water partition coefficient (Wildman–Crippen LogP) is 1.56. The van der Waals surface area contributed by atoms with Crippen LogP contribution >= 0.6 is 11.3 Å². The molecule has 1 unspecified atom stereocenters. The fourth-order valence-electron chi connectivity index (χ4n) is 1.57. The first-order valence-electron chi connectivity index (χ1n) is 4.80. The number of thiophene rings is 1. The van der Waals surface area contributed by atoms with Gasteiger partial charge in [0.1, 0.15) is 12.8 Å². The lowest BCUT2D eigenvalue weighted by Gasteiger charge is -2.31. The molecule has 1 aromatic heterocycles. The minimum atomic E-state index is -0.534. The van der Waals surface area contributed by atoms with Crippen molar-refractivity contribution in [2.75, 3.05) is 26.4 Å². The van der Waals surface area contributed by atoms with E-state index in [1.54, 1.807) is 11.0 Å². The van der Waals surface area contributed by atoms with Crippen LogP contribution in [0, 0.1) is 0 Å². The molecule has 2 heterocycles. The van der Waals surface area contributed by atoms with Gasteiger partial charge in [0.15, 0.2) is 0 Å². The van der Waals surface area contributed by atoms with E-state index in [0.29, 0.717) is 25.3 Å². The molecule has 1 atom stereocenters. The molecule has 0 spiro atoms. The van der Waals surface area contributed by atoms with Crippen molar-refractivity contribution in [2.45, 2.75) is 6.10 Å². The second-order valence-corrected chi connectivity index (χ2v) is 4.19. The predicted molar refractivity (Wildman–Crippen MR) is 55.9 cm³/mol. The van der Waals surface area contributed by atoms with Crippen molar-refractivity contribution in [1.29, 1.82) is 0 Å². The van der Waals surface area contributed by atoms with Crippen molar-refractivity contribution in [3.8, 4) is 0 Å². The summed E-state index contributed by atoms with van der Waals surface area (Å²) in [5, 5.41) is 3.67. The summed E-state index contributed by atoms with van der Waals surface area (Å²) >= 11 is 1.49. The van der Waals surface area contributed by atoms with Crippen LogP contribution in [0.5, 0.6) is 0 Å². The van der Waals surface area contributed by atoms with Gasteiger partial charge >= 0.3 is 0 Å². The summed E-state index contributed by atoms with van der Waals surface area (Å²) in [6.07, 6.45) is -0.457. The number of rotatable bonds is 2. The Morgan fingerprint density at radius 2 is 2.60 bits per heavy atom. The zero-order valence-electron chi connectivity index (χ0n) is 8.19. The summed E-state index contributed by atoms with van der Waals surface area (Å²) in [4.78, 5) is 13.5. The van der Waals surface area contributed by atoms with Crippen molar-refractivity contribution in [1.82, 2.24) is 4.90 Å². The Morgan fingerprint density at radius 1 is 1.73 bits per heavy atom. The van der Waals surface area contributed by atoms with Crippen LogP contribution in [0.4, 0.5) is 4.39 Å². The first-order valence-corrected chi connectivity index (χ1v) is 5.74. The zero-order chi connectivity index (χ0) is 10.7. The Hall–Kier alpha value is -0.940. The molecule has 1 amide bonds. The van der Waals surface area contributed by atoms with Gasteiger partial charge in [-0.3, -0.25) is 4.79 Å². The van der Waals surface area contributed by atoms with Crippen LogP contribution in [-0.2, 0) is 4.74 Å². The number of carbonyl (C=O) groups is 1. The molecule has 0 radical (unpaired) electrons. The molecule has 0 bridgehead atoms. The topological polar surface area (TPSA) is 29.5 Å². The van der Waals surface area contributed by atoms with Crippen molar-refractivity contribution < 1.29 is 13.9 Å². The molecule has 82 valence electrons. The quantitative estimate of drug-likeness (QED) is 0.770. The summed E-state index contributed by atoms with van der Waals surface area (Å²) in [6, 6.07) is 1.78. The van der Waals surface area contributed by atoms with Crippen molar-refractivity contribution in [2.24, 2.45) is 0 Å². The van der Waals surface area contributed by atoms with Gasteiger partial charge in [0.2, 0.25) is 0 Å². The molecule has 0 aromatic carbocycles. The van der Waals surface area contributed by atoms with Gasteiger partial charge in [0.25, 0.3) is 5.91 Å². The lowest BCUT2D eigenvalue weighted by Crippen LogP contribution is -2.46. The Morgan fingerprint density at radius 3 is 3.27 bits per heavy atom. The van der Waals surface area contributed by atoms with E-state index in [2.05, 4.69) is 0 Å². The van der Waals surface area contributed by atoms with E-state index < -0.39 is 12.8 Å². The third-order valence-corrected chi connectivity index (χ3v) is 3.05. The molecule has 1 aromatic rings. The van der Waals surface area contributed by atoms with Gasteiger partial charge in [-0.25, -0.2) is 4.39 Å². The minimum Gasteiger partial charge on any atom is -0.372 e. The van der Waals surface area contributed by atoms with E-state index in [9.17, 15) is 9.18 Å². The van der Waals surface area contributed by atoms with Crippen LogP contribution < -0.4 is 0 Å². The van der Waals surface area contributed by atoms with E-state index in [4.69, 9.17) is 4.74 Å². The fraction of sp³-hybridized carbons (Fsp3) is 0.500. The Kier molecular flexibility index (Phi) is 3.33. The molecule has 1 aliphatic rings.